The molecule has 0 aliphatic rings. The molecule has 0 bridgehead atoms. The molecule has 1 aromatic heterocycles. The molecule has 0 aromatic carbocycles. The zero-order valence-corrected chi connectivity index (χ0v) is 11.4. The smallest absolute Gasteiger partial charge is 0.224 e. The van der Waals surface area contributed by atoms with Crippen molar-refractivity contribution in [2.45, 2.75) is 52.5 Å². The lowest BCUT2D eigenvalue weighted by Crippen LogP contribution is -2.26. The third-order valence-corrected chi connectivity index (χ3v) is 2.22. The monoisotopic (exact) mass is 236 g/mol. The van der Waals surface area contributed by atoms with Crippen LogP contribution in [0.1, 0.15) is 47.0 Å². The SMILES string of the molecule is CCCCCNc1nccc(NC(C)(C)C)n1. The van der Waals surface area contributed by atoms with E-state index >= 15 is 0 Å². The molecule has 0 fully saturated rings. The van der Waals surface area contributed by atoms with E-state index in [1.54, 1.807) is 6.20 Å². The minimum absolute atomic E-state index is 0.0217. The number of unbranched alkanes of at least 4 members (excludes halogenated alkanes) is 2. The summed E-state index contributed by atoms with van der Waals surface area (Å²) in [5.74, 6) is 1.57. The van der Waals surface area contributed by atoms with Crippen molar-refractivity contribution in [1.29, 1.82) is 0 Å². The van der Waals surface area contributed by atoms with Crippen molar-refractivity contribution in [1.82, 2.24) is 9.97 Å². The third-order valence-electron chi connectivity index (χ3n) is 2.22. The van der Waals surface area contributed by atoms with Crippen LogP contribution in [0.2, 0.25) is 0 Å². The first-order valence-corrected chi connectivity index (χ1v) is 6.36. The van der Waals surface area contributed by atoms with E-state index in [4.69, 9.17) is 0 Å². The summed E-state index contributed by atoms with van der Waals surface area (Å²) < 4.78 is 0. The van der Waals surface area contributed by atoms with E-state index in [1.165, 1.54) is 12.8 Å². The normalized spacial score (nSPS) is 11.3. The van der Waals surface area contributed by atoms with Crippen molar-refractivity contribution >= 4 is 11.8 Å². The lowest BCUT2D eigenvalue weighted by atomic mass is 10.1. The largest absolute Gasteiger partial charge is 0.365 e. The van der Waals surface area contributed by atoms with Gasteiger partial charge in [0.2, 0.25) is 5.95 Å². The summed E-state index contributed by atoms with van der Waals surface area (Å²) in [7, 11) is 0. The van der Waals surface area contributed by atoms with Gasteiger partial charge >= 0.3 is 0 Å². The summed E-state index contributed by atoms with van der Waals surface area (Å²) in [6.07, 6.45) is 5.42. The Morgan fingerprint density at radius 3 is 2.65 bits per heavy atom. The first-order valence-electron chi connectivity index (χ1n) is 6.36. The lowest BCUT2D eigenvalue weighted by Gasteiger charge is -2.21. The lowest BCUT2D eigenvalue weighted by molar-refractivity contribution is 0.630. The summed E-state index contributed by atoms with van der Waals surface area (Å²) in [5, 5.41) is 6.58. The Labute approximate surface area is 104 Å². The Morgan fingerprint density at radius 1 is 1.24 bits per heavy atom. The molecule has 0 aliphatic heterocycles. The number of nitrogens with zero attached hydrogens (tertiary/aromatic N) is 2. The van der Waals surface area contributed by atoms with E-state index in [1.807, 2.05) is 6.07 Å². The van der Waals surface area contributed by atoms with E-state index in [9.17, 15) is 0 Å². The third kappa shape index (κ3) is 6.09. The molecule has 0 amide bonds. The summed E-state index contributed by atoms with van der Waals surface area (Å²) >= 11 is 0. The number of anilines is 2. The van der Waals surface area contributed by atoms with Crippen molar-refractivity contribution in [2.75, 3.05) is 17.2 Å². The van der Waals surface area contributed by atoms with Gasteiger partial charge in [0.1, 0.15) is 5.82 Å². The molecule has 0 saturated heterocycles. The molecule has 0 aliphatic carbocycles. The zero-order valence-electron chi connectivity index (χ0n) is 11.4. The highest BCUT2D eigenvalue weighted by Gasteiger charge is 2.10. The predicted molar refractivity (Wildman–Crippen MR) is 73.4 cm³/mol. The zero-order chi connectivity index (χ0) is 12.7. The molecule has 96 valence electrons. The van der Waals surface area contributed by atoms with Gasteiger partial charge in [-0.2, -0.15) is 4.98 Å². The maximum atomic E-state index is 4.42. The molecule has 0 atom stereocenters. The van der Waals surface area contributed by atoms with Crippen molar-refractivity contribution in [3.8, 4) is 0 Å². The first kappa shape index (κ1) is 13.7. The van der Waals surface area contributed by atoms with Crippen LogP contribution in [0, 0.1) is 0 Å². The van der Waals surface area contributed by atoms with Gasteiger partial charge in [-0.25, -0.2) is 4.98 Å². The summed E-state index contributed by atoms with van der Waals surface area (Å²) in [6.45, 7) is 9.48. The van der Waals surface area contributed by atoms with Crippen LogP contribution in [0.5, 0.6) is 0 Å². The molecule has 0 spiro atoms. The van der Waals surface area contributed by atoms with Gasteiger partial charge in [-0.1, -0.05) is 19.8 Å². The van der Waals surface area contributed by atoms with E-state index in [-0.39, 0.29) is 5.54 Å². The van der Waals surface area contributed by atoms with E-state index in [2.05, 4.69) is 48.3 Å². The Morgan fingerprint density at radius 2 is 2.00 bits per heavy atom. The van der Waals surface area contributed by atoms with E-state index in [0.29, 0.717) is 5.95 Å². The number of hydrogen-bond acceptors (Lipinski definition) is 4. The highest BCUT2D eigenvalue weighted by molar-refractivity contribution is 5.41. The molecular weight excluding hydrogens is 212 g/mol. The second-order valence-corrected chi connectivity index (χ2v) is 5.27. The van der Waals surface area contributed by atoms with Gasteiger partial charge in [-0.05, 0) is 33.3 Å². The van der Waals surface area contributed by atoms with Gasteiger partial charge in [0.05, 0.1) is 0 Å². The van der Waals surface area contributed by atoms with Crippen LogP contribution in [-0.2, 0) is 0 Å². The number of rotatable bonds is 6. The van der Waals surface area contributed by atoms with E-state index in [0.717, 1.165) is 18.8 Å². The maximum absolute atomic E-state index is 4.42. The number of hydrogen-bond donors (Lipinski definition) is 2. The summed E-state index contributed by atoms with van der Waals surface area (Å²) in [6, 6.07) is 1.89. The van der Waals surface area contributed by atoms with Crippen LogP contribution in [0.15, 0.2) is 12.3 Å². The fraction of sp³-hybridized carbons (Fsp3) is 0.692. The van der Waals surface area contributed by atoms with Gasteiger partial charge in [0.25, 0.3) is 0 Å². The van der Waals surface area contributed by atoms with Crippen molar-refractivity contribution in [2.24, 2.45) is 0 Å². The molecule has 1 heterocycles. The Kier molecular flexibility index (Phi) is 5.19. The molecule has 0 unspecified atom stereocenters. The molecule has 4 heteroatoms. The second-order valence-electron chi connectivity index (χ2n) is 5.27. The van der Waals surface area contributed by atoms with Gasteiger partial charge in [0.15, 0.2) is 0 Å². The minimum Gasteiger partial charge on any atom is -0.365 e. The molecule has 0 saturated carbocycles. The number of aromatic nitrogens is 2. The van der Waals surface area contributed by atoms with E-state index < -0.39 is 0 Å². The Balaban J connectivity index is 2.48. The fourth-order valence-corrected chi connectivity index (χ4v) is 1.47. The van der Waals surface area contributed by atoms with Crippen LogP contribution >= 0.6 is 0 Å². The average Bonchev–Trinajstić information content (AvgIpc) is 2.23. The number of nitrogens with one attached hydrogen (secondary N) is 2. The molecule has 1 rings (SSSR count). The van der Waals surface area contributed by atoms with Crippen LogP contribution in [0.25, 0.3) is 0 Å². The Hall–Kier alpha value is -1.32. The first-order chi connectivity index (χ1) is 8.01. The highest BCUT2D eigenvalue weighted by atomic mass is 15.1. The Bertz CT molecular complexity index is 330. The van der Waals surface area contributed by atoms with Gasteiger partial charge < -0.3 is 10.6 Å². The van der Waals surface area contributed by atoms with Gasteiger partial charge in [-0.3, -0.25) is 0 Å². The predicted octanol–water partition coefficient (Wildman–Crippen LogP) is 3.29. The molecule has 2 N–H and O–H groups in total. The molecule has 4 nitrogen and oxygen atoms in total. The second kappa shape index (κ2) is 6.42. The van der Waals surface area contributed by atoms with Crippen LogP contribution in [0.3, 0.4) is 0 Å². The quantitative estimate of drug-likeness (QED) is 0.744. The average molecular weight is 236 g/mol. The van der Waals surface area contributed by atoms with Crippen molar-refractivity contribution in [3.63, 3.8) is 0 Å². The van der Waals surface area contributed by atoms with Crippen LogP contribution < -0.4 is 10.6 Å². The van der Waals surface area contributed by atoms with Crippen LogP contribution in [-0.4, -0.2) is 22.1 Å². The van der Waals surface area contributed by atoms with Gasteiger partial charge in [0, 0.05) is 18.3 Å². The maximum Gasteiger partial charge on any atom is 0.224 e. The molecule has 1 aromatic rings. The summed E-state index contributed by atoms with van der Waals surface area (Å²) in [5.41, 5.74) is 0.0217. The van der Waals surface area contributed by atoms with Crippen LogP contribution in [0.4, 0.5) is 11.8 Å². The standard InChI is InChI=1S/C13H24N4/c1-5-6-7-9-14-12-15-10-8-11(16-12)17-13(2,3)4/h8,10H,5-7,9H2,1-4H3,(H2,14,15,16,17). The topological polar surface area (TPSA) is 49.8 Å². The fourth-order valence-electron chi connectivity index (χ4n) is 1.47. The molecule has 17 heavy (non-hydrogen) atoms. The molecule has 0 radical (unpaired) electrons. The minimum atomic E-state index is 0.0217. The van der Waals surface area contributed by atoms with Gasteiger partial charge in [-0.15, -0.1) is 0 Å². The molecular formula is C13H24N4. The summed E-state index contributed by atoms with van der Waals surface area (Å²) in [4.78, 5) is 8.63. The highest BCUT2D eigenvalue weighted by Crippen LogP contribution is 2.12. The van der Waals surface area contributed by atoms with Crippen molar-refractivity contribution < 1.29 is 0 Å². The van der Waals surface area contributed by atoms with Crippen molar-refractivity contribution in [3.05, 3.63) is 12.3 Å².